The molecule has 0 radical (unpaired) electrons. The number of anilines is 1. The summed E-state index contributed by atoms with van der Waals surface area (Å²) in [5.41, 5.74) is 4.06. The van der Waals surface area contributed by atoms with Gasteiger partial charge in [0.15, 0.2) is 0 Å². The second-order valence-electron chi connectivity index (χ2n) is 12.5. The summed E-state index contributed by atoms with van der Waals surface area (Å²) >= 11 is 0. The highest BCUT2D eigenvalue weighted by molar-refractivity contribution is 6.05. The van der Waals surface area contributed by atoms with Crippen LogP contribution in [-0.4, -0.2) is 71.0 Å². The Hall–Kier alpha value is -4.18. The lowest BCUT2D eigenvalue weighted by molar-refractivity contribution is -0.750. The van der Waals surface area contributed by atoms with Crippen LogP contribution in [0.1, 0.15) is 41.6 Å². The van der Waals surface area contributed by atoms with Crippen molar-refractivity contribution in [1.82, 2.24) is 9.80 Å². The number of likely N-dealkylation sites (N-methyl/N-ethyl adjacent to an activating group) is 1. The van der Waals surface area contributed by atoms with Crippen LogP contribution in [0.3, 0.4) is 0 Å². The monoisotopic (exact) mass is 576 g/mol. The fourth-order valence-corrected chi connectivity index (χ4v) is 6.99. The van der Waals surface area contributed by atoms with Crippen LogP contribution in [0.25, 0.3) is 0 Å². The highest BCUT2D eigenvalue weighted by Gasteiger charge is 2.50. The van der Waals surface area contributed by atoms with Gasteiger partial charge in [0.2, 0.25) is 11.6 Å². The third kappa shape index (κ3) is 5.40. The Kier molecular flexibility index (Phi) is 7.17. The highest BCUT2D eigenvalue weighted by atomic mass is 16.2. The maximum absolute atomic E-state index is 12.9. The van der Waals surface area contributed by atoms with Crippen molar-refractivity contribution in [3.05, 3.63) is 102 Å². The molecule has 1 saturated heterocycles. The molecular formula is C34H38N7O2+. The number of amidine groups is 1. The number of quaternary nitrogens is 1. The van der Waals surface area contributed by atoms with Crippen LogP contribution in [0.2, 0.25) is 0 Å². The SMILES string of the molecule is CN(C/C=C/C(=O)N1CC2CC(C3=C4C=NC=C[N+]4(N)C(c4ccc(C(=O)Nc5ccccc5)cc4)=N3)CC2C1)C1CC1. The quantitative estimate of drug-likeness (QED) is 0.278. The normalized spacial score (nSPS) is 27.7. The first-order chi connectivity index (χ1) is 20.9. The van der Waals surface area contributed by atoms with E-state index < -0.39 is 0 Å². The lowest BCUT2D eigenvalue weighted by Gasteiger charge is -2.26. The van der Waals surface area contributed by atoms with E-state index in [2.05, 4.69) is 22.3 Å². The van der Waals surface area contributed by atoms with Crippen molar-refractivity contribution in [2.75, 3.05) is 32.0 Å². The van der Waals surface area contributed by atoms with Gasteiger partial charge in [0, 0.05) is 48.9 Å². The Bertz CT molecular complexity index is 1560. The minimum Gasteiger partial charge on any atom is -0.339 e. The van der Waals surface area contributed by atoms with Gasteiger partial charge in [0.25, 0.3) is 11.7 Å². The number of nitrogens with one attached hydrogen (secondary N) is 1. The van der Waals surface area contributed by atoms with E-state index in [9.17, 15) is 9.59 Å². The highest BCUT2D eigenvalue weighted by Crippen LogP contribution is 2.48. The predicted octanol–water partition coefficient (Wildman–Crippen LogP) is 4.29. The van der Waals surface area contributed by atoms with Crippen molar-refractivity contribution in [2.24, 2.45) is 33.6 Å². The van der Waals surface area contributed by atoms with E-state index in [1.54, 1.807) is 12.3 Å². The molecule has 2 aromatic rings. The van der Waals surface area contributed by atoms with Gasteiger partial charge < -0.3 is 10.2 Å². The molecule has 0 aromatic heterocycles. The zero-order valence-corrected chi connectivity index (χ0v) is 24.5. The number of hydrogen-bond donors (Lipinski definition) is 2. The Morgan fingerprint density at radius 2 is 1.79 bits per heavy atom. The molecule has 2 amide bonds. The van der Waals surface area contributed by atoms with Crippen LogP contribution < -0.4 is 11.2 Å². The molecule has 43 heavy (non-hydrogen) atoms. The minimum atomic E-state index is -0.168. The molecule has 9 heteroatoms. The Morgan fingerprint density at radius 1 is 1.07 bits per heavy atom. The standard InChI is InChI=1S/C34H37N7O2/c1-39(29-13-14-29)16-5-8-31(42)40-21-26-18-25(19-27(26)22-40)32-30-20-36-15-17-41(30,35)33(38-32)23-9-11-24(12-10-23)34(43)37-28-6-3-2-4-7-28/h2-12,15,17,20,25-27,29H,13-14,16,18-19,21-22,35H2,1H3/p+1/b8-5+. The van der Waals surface area contributed by atoms with Crippen LogP contribution in [0, 0.1) is 17.8 Å². The number of para-hydroxylation sites is 1. The van der Waals surface area contributed by atoms with Gasteiger partial charge in [-0.05, 0) is 81.0 Å². The molecule has 0 spiro atoms. The van der Waals surface area contributed by atoms with E-state index in [-0.39, 0.29) is 22.3 Å². The van der Waals surface area contributed by atoms with Crippen LogP contribution >= 0.6 is 0 Å². The molecule has 2 aromatic carbocycles. The third-order valence-corrected chi connectivity index (χ3v) is 9.53. The molecule has 3 aliphatic heterocycles. The van der Waals surface area contributed by atoms with Crippen LogP contribution in [-0.2, 0) is 4.79 Å². The molecule has 7 rings (SSSR count). The number of rotatable bonds is 8. The van der Waals surface area contributed by atoms with Crippen molar-refractivity contribution < 1.29 is 14.2 Å². The maximum Gasteiger partial charge on any atom is 0.264 e. The average molecular weight is 577 g/mol. The van der Waals surface area contributed by atoms with Gasteiger partial charge >= 0.3 is 0 Å². The Morgan fingerprint density at radius 3 is 2.49 bits per heavy atom. The van der Waals surface area contributed by atoms with E-state index >= 15 is 0 Å². The van der Waals surface area contributed by atoms with Gasteiger partial charge in [-0.1, -0.05) is 24.3 Å². The first-order valence-corrected chi connectivity index (χ1v) is 15.2. The average Bonchev–Trinajstić information content (AvgIpc) is 3.57. The topological polar surface area (TPSA) is 103 Å². The van der Waals surface area contributed by atoms with Gasteiger partial charge in [-0.3, -0.25) is 19.5 Å². The van der Waals surface area contributed by atoms with Gasteiger partial charge in [0.1, 0.15) is 11.9 Å². The maximum atomic E-state index is 12.9. The molecule has 0 bridgehead atoms. The summed E-state index contributed by atoms with van der Waals surface area (Å²) in [7, 11) is 2.13. The van der Waals surface area contributed by atoms with Crippen LogP contribution in [0.5, 0.6) is 0 Å². The molecule has 220 valence electrons. The lowest BCUT2D eigenvalue weighted by Crippen LogP contribution is -2.53. The number of allylic oxidation sites excluding steroid dienone is 2. The van der Waals surface area contributed by atoms with Crippen LogP contribution in [0.15, 0.2) is 101 Å². The number of benzene rings is 2. The smallest absolute Gasteiger partial charge is 0.264 e. The minimum absolute atomic E-state index is 0.0368. The number of likely N-dealkylation sites (tertiary alicyclic amines) is 1. The molecule has 9 nitrogen and oxygen atoms in total. The molecule has 3 unspecified atom stereocenters. The van der Waals surface area contributed by atoms with Crippen molar-refractivity contribution in [3.8, 4) is 0 Å². The number of fused-ring (bicyclic) bond motifs is 2. The third-order valence-electron chi connectivity index (χ3n) is 9.53. The molecule has 3 fully saturated rings. The summed E-state index contributed by atoms with van der Waals surface area (Å²) in [6.07, 6.45) is 13.7. The lowest BCUT2D eigenvalue weighted by atomic mass is 10.00. The van der Waals surface area contributed by atoms with E-state index in [1.807, 2.05) is 78.0 Å². The van der Waals surface area contributed by atoms with Crippen molar-refractivity contribution >= 4 is 29.6 Å². The first kappa shape index (κ1) is 27.6. The Balaban J connectivity index is 1.03. The summed E-state index contributed by atoms with van der Waals surface area (Å²) < 4.78 is -0.0368. The number of carbonyl (C=O) groups is 2. The fourth-order valence-electron chi connectivity index (χ4n) is 6.99. The second kappa shape index (κ2) is 11.1. The molecule has 2 saturated carbocycles. The number of hydrogen-bond acceptors (Lipinski definition) is 6. The van der Waals surface area contributed by atoms with Crippen molar-refractivity contribution in [3.63, 3.8) is 0 Å². The van der Waals surface area contributed by atoms with E-state index in [0.29, 0.717) is 23.4 Å². The summed E-state index contributed by atoms with van der Waals surface area (Å²) in [5, 5.41) is 2.93. The predicted molar refractivity (Wildman–Crippen MR) is 168 cm³/mol. The fraction of sp³-hybridized carbons (Fsp3) is 0.353. The summed E-state index contributed by atoms with van der Waals surface area (Å²) in [6.45, 7) is 2.42. The van der Waals surface area contributed by atoms with E-state index in [1.165, 1.54) is 12.8 Å². The van der Waals surface area contributed by atoms with E-state index in [0.717, 1.165) is 61.0 Å². The van der Waals surface area contributed by atoms with Gasteiger partial charge in [0.05, 0.1) is 18.0 Å². The molecule has 3 heterocycles. The van der Waals surface area contributed by atoms with Crippen molar-refractivity contribution in [1.29, 1.82) is 0 Å². The second-order valence-corrected chi connectivity index (χ2v) is 12.5. The molecular weight excluding hydrogens is 538 g/mol. The van der Waals surface area contributed by atoms with Gasteiger partial charge in [-0.25, -0.2) is 0 Å². The number of carbonyl (C=O) groups excluding carboxylic acids is 2. The molecule has 3 N–H and O–H groups in total. The zero-order chi connectivity index (χ0) is 29.6. The van der Waals surface area contributed by atoms with Gasteiger partial charge in [-0.15, -0.1) is 4.59 Å². The summed E-state index contributed by atoms with van der Waals surface area (Å²) in [6, 6.07) is 17.6. The first-order valence-electron chi connectivity index (χ1n) is 15.2. The molecule has 2 aliphatic carbocycles. The number of nitrogens with two attached hydrogens (primary N) is 1. The summed E-state index contributed by atoms with van der Waals surface area (Å²) in [4.78, 5) is 39.6. The zero-order valence-electron chi connectivity index (χ0n) is 24.5. The number of nitrogens with zero attached hydrogens (tertiary/aromatic N) is 5. The molecule has 5 aliphatic rings. The number of aliphatic imine (C=N–C) groups is 2. The van der Waals surface area contributed by atoms with Gasteiger partial charge in [-0.2, -0.15) is 10.8 Å². The van der Waals surface area contributed by atoms with E-state index in [4.69, 9.17) is 10.8 Å². The number of amides is 2. The van der Waals surface area contributed by atoms with Crippen molar-refractivity contribution in [2.45, 2.75) is 31.7 Å². The summed E-state index contributed by atoms with van der Waals surface area (Å²) in [5.74, 6) is 8.85. The Labute approximate surface area is 252 Å². The molecule has 3 atom stereocenters. The largest absolute Gasteiger partial charge is 0.339 e. The van der Waals surface area contributed by atoms with Crippen LogP contribution in [0.4, 0.5) is 5.69 Å².